The lowest BCUT2D eigenvalue weighted by atomic mass is 10.1. The van der Waals surface area contributed by atoms with E-state index >= 15 is 0 Å². The Kier molecular flexibility index (Phi) is 5.11. The molecule has 1 aliphatic rings. The van der Waals surface area contributed by atoms with Crippen LogP contribution in [0.5, 0.6) is 0 Å². The topological polar surface area (TPSA) is 73.5 Å². The van der Waals surface area contributed by atoms with Crippen LogP contribution in [0.1, 0.15) is 35.3 Å². The summed E-state index contributed by atoms with van der Waals surface area (Å²) in [6.07, 6.45) is 0. The Morgan fingerprint density at radius 3 is 2.58 bits per heavy atom. The van der Waals surface area contributed by atoms with Crippen molar-refractivity contribution in [3.8, 4) is 0 Å². The molecule has 26 heavy (non-hydrogen) atoms. The van der Waals surface area contributed by atoms with Gasteiger partial charge in [-0.1, -0.05) is 24.3 Å². The fourth-order valence-corrected chi connectivity index (χ4v) is 3.08. The lowest BCUT2D eigenvalue weighted by Gasteiger charge is -2.19. The molecule has 6 heteroatoms. The Morgan fingerprint density at radius 2 is 1.88 bits per heavy atom. The maximum absolute atomic E-state index is 12.3. The van der Waals surface area contributed by atoms with Gasteiger partial charge in [-0.15, -0.1) is 0 Å². The number of fused-ring (bicyclic) bond motifs is 1. The largest absolute Gasteiger partial charge is 0.386 e. The van der Waals surface area contributed by atoms with Crippen LogP contribution in [-0.2, 0) is 13.1 Å². The van der Waals surface area contributed by atoms with Gasteiger partial charge in [0.1, 0.15) is 0 Å². The maximum Gasteiger partial charge on any atom is 0.319 e. The summed E-state index contributed by atoms with van der Waals surface area (Å²) in [5, 5.41) is 8.74. The van der Waals surface area contributed by atoms with Crippen molar-refractivity contribution in [2.24, 2.45) is 0 Å². The molecule has 0 spiro atoms. The van der Waals surface area contributed by atoms with Crippen LogP contribution < -0.4 is 16.0 Å². The minimum Gasteiger partial charge on any atom is -0.386 e. The van der Waals surface area contributed by atoms with Gasteiger partial charge in [0.05, 0.1) is 11.4 Å². The summed E-state index contributed by atoms with van der Waals surface area (Å²) in [6.45, 7) is 5.05. The molecule has 0 radical (unpaired) electrons. The molecule has 0 atom stereocenters. The zero-order chi connectivity index (χ0) is 18.7. The third-order valence-electron chi connectivity index (χ3n) is 4.52. The van der Waals surface area contributed by atoms with Crippen LogP contribution >= 0.6 is 0 Å². The lowest BCUT2D eigenvalue weighted by Crippen LogP contribution is -2.30. The van der Waals surface area contributed by atoms with Crippen LogP contribution in [0.25, 0.3) is 0 Å². The number of urea groups is 1. The molecule has 1 aliphatic heterocycles. The smallest absolute Gasteiger partial charge is 0.319 e. The van der Waals surface area contributed by atoms with E-state index in [4.69, 9.17) is 0 Å². The van der Waals surface area contributed by atoms with E-state index in [-0.39, 0.29) is 18.0 Å². The zero-order valence-electron chi connectivity index (χ0n) is 15.3. The second-order valence-corrected chi connectivity index (χ2v) is 6.62. The quantitative estimate of drug-likeness (QED) is 0.772. The van der Waals surface area contributed by atoms with Gasteiger partial charge in [-0.3, -0.25) is 4.79 Å². The molecule has 0 fully saturated rings. The monoisotopic (exact) mass is 352 g/mol. The Bertz CT molecular complexity index is 832. The van der Waals surface area contributed by atoms with Gasteiger partial charge in [0.2, 0.25) is 0 Å². The van der Waals surface area contributed by atoms with Crippen molar-refractivity contribution in [1.82, 2.24) is 10.2 Å². The normalized spacial score (nSPS) is 12.9. The summed E-state index contributed by atoms with van der Waals surface area (Å²) in [5.74, 6) is 0.0796. The molecule has 2 aromatic rings. The average molecular weight is 352 g/mol. The molecule has 6 nitrogen and oxygen atoms in total. The summed E-state index contributed by atoms with van der Waals surface area (Å²) >= 11 is 0. The molecule has 3 amide bonds. The van der Waals surface area contributed by atoms with Crippen molar-refractivity contribution in [3.05, 3.63) is 59.2 Å². The Balaban J connectivity index is 1.62. The number of hydrogen-bond acceptors (Lipinski definition) is 3. The van der Waals surface area contributed by atoms with Crippen LogP contribution in [0.15, 0.2) is 42.5 Å². The van der Waals surface area contributed by atoms with Crippen LogP contribution in [0.4, 0.5) is 16.2 Å². The molecule has 0 aromatic heterocycles. The number of benzene rings is 2. The Hall–Kier alpha value is -3.02. The van der Waals surface area contributed by atoms with Gasteiger partial charge in [-0.05, 0) is 43.2 Å². The first-order chi connectivity index (χ1) is 12.5. The third-order valence-corrected chi connectivity index (χ3v) is 4.52. The molecule has 0 aliphatic carbocycles. The number of amides is 3. The van der Waals surface area contributed by atoms with E-state index in [1.807, 2.05) is 68.3 Å². The first kappa shape index (κ1) is 17.8. The molecule has 2 aromatic carbocycles. The Labute approximate surface area is 153 Å². The highest BCUT2D eigenvalue weighted by atomic mass is 16.2. The van der Waals surface area contributed by atoms with Crippen molar-refractivity contribution in [2.45, 2.75) is 33.0 Å². The highest BCUT2D eigenvalue weighted by molar-refractivity contribution is 5.98. The summed E-state index contributed by atoms with van der Waals surface area (Å²) in [6, 6.07) is 13.2. The molecule has 3 N–H and O–H groups in total. The van der Waals surface area contributed by atoms with E-state index in [1.54, 1.807) is 0 Å². The van der Waals surface area contributed by atoms with E-state index in [0.717, 1.165) is 28.1 Å². The second-order valence-electron chi connectivity index (χ2n) is 6.62. The average Bonchev–Trinajstić information content (AvgIpc) is 2.97. The van der Waals surface area contributed by atoms with Crippen LogP contribution in [0, 0.1) is 0 Å². The van der Waals surface area contributed by atoms with Gasteiger partial charge < -0.3 is 20.9 Å². The van der Waals surface area contributed by atoms with Crippen LogP contribution in [-0.4, -0.2) is 29.9 Å². The molecule has 0 saturated heterocycles. The van der Waals surface area contributed by atoms with Crippen molar-refractivity contribution in [3.63, 3.8) is 0 Å². The number of hydrogen-bond donors (Lipinski definition) is 3. The second kappa shape index (κ2) is 7.47. The maximum atomic E-state index is 12.3. The molecular formula is C20H24N4O2. The van der Waals surface area contributed by atoms with E-state index in [9.17, 15) is 9.59 Å². The lowest BCUT2D eigenvalue weighted by molar-refractivity contribution is 0.0730. The molecule has 3 rings (SSSR count). The van der Waals surface area contributed by atoms with Gasteiger partial charge in [0.15, 0.2) is 0 Å². The fraction of sp³-hybridized carbons (Fsp3) is 0.300. The highest BCUT2D eigenvalue weighted by Gasteiger charge is 2.28. The van der Waals surface area contributed by atoms with Gasteiger partial charge >= 0.3 is 6.03 Å². The molecule has 0 saturated carbocycles. The first-order valence-electron chi connectivity index (χ1n) is 8.74. The van der Waals surface area contributed by atoms with Crippen molar-refractivity contribution < 1.29 is 9.59 Å². The highest BCUT2D eigenvalue weighted by Crippen LogP contribution is 2.25. The number of rotatable bonds is 5. The van der Waals surface area contributed by atoms with Crippen LogP contribution in [0.3, 0.4) is 0 Å². The fourth-order valence-electron chi connectivity index (χ4n) is 3.08. The minimum atomic E-state index is -0.270. The number of carbonyl (C=O) groups is 2. The predicted octanol–water partition coefficient (Wildman–Crippen LogP) is 3.41. The summed E-state index contributed by atoms with van der Waals surface area (Å²) in [7, 11) is 1.81. The Morgan fingerprint density at radius 1 is 1.15 bits per heavy atom. The molecule has 0 bridgehead atoms. The van der Waals surface area contributed by atoms with Crippen molar-refractivity contribution >= 4 is 23.3 Å². The molecular weight excluding hydrogens is 328 g/mol. The number of nitrogens with zero attached hydrogens (tertiary/aromatic N) is 1. The van der Waals surface area contributed by atoms with Crippen LogP contribution in [0.2, 0.25) is 0 Å². The SMILES string of the molecule is CNc1ccccc1NC(=O)NCc1ccc2c(c1)CN(C(C)C)C2=O. The summed E-state index contributed by atoms with van der Waals surface area (Å²) < 4.78 is 0. The number of anilines is 2. The minimum absolute atomic E-state index is 0.0796. The van der Waals surface area contributed by atoms with Crippen molar-refractivity contribution in [2.75, 3.05) is 17.7 Å². The molecule has 1 heterocycles. The third kappa shape index (κ3) is 3.64. The van der Waals surface area contributed by atoms with Gasteiger partial charge in [-0.2, -0.15) is 0 Å². The number of nitrogens with one attached hydrogen (secondary N) is 3. The molecule has 0 unspecified atom stereocenters. The van der Waals surface area contributed by atoms with Gasteiger partial charge in [0.25, 0.3) is 5.91 Å². The summed E-state index contributed by atoms with van der Waals surface area (Å²) in [4.78, 5) is 26.3. The van der Waals surface area contributed by atoms with Crippen molar-refractivity contribution in [1.29, 1.82) is 0 Å². The van der Waals surface area contributed by atoms with Gasteiger partial charge in [-0.25, -0.2) is 4.79 Å². The predicted molar refractivity (Wildman–Crippen MR) is 103 cm³/mol. The molecule has 136 valence electrons. The van der Waals surface area contributed by atoms with E-state index < -0.39 is 0 Å². The first-order valence-corrected chi connectivity index (χ1v) is 8.74. The number of carbonyl (C=O) groups excluding carboxylic acids is 2. The van der Waals surface area contributed by atoms with E-state index in [1.165, 1.54) is 0 Å². The number of para-hydroxylation sites is 2. The van der Waals surface area contributed by atoms with E-state index in [2.05, 4.69) is 16.0 Å². The summed E-state index contributed by atoms with van der Waals surface area (Å²) in [5.41, 5.74) is 4.32. The standard InChI is InChI=1S/C20H24N4O2/c1-13(2)24-12-15-10-14(8-9-16(15)19(24)25)11-22-20(26)23-18-7-5-4-6-17(18)21-3/h4-10,13,21H,11-12H2,1-3H3,(H2,22,23,26). The van der Waals surface area contributed by atoms with Gasteiger partial charge in [0, 0.05) is 31.7 Å². The zero-order valence-corrected chi connectivity index (χ0v) is 15.3. The van der Waals surface area contributed by atoms with E-state index in [0.29, 0.717) is 13.1 Å².